The van der Waals surface area contributed by atoms with Crippen LogP contribution in [-0.4, -0.2) is 23.0 Å². The van der Waals surface area contributed by atoms with Gasteiger partial charge in [0.05, 0.1) is 5.69 Å². The van der Waals surface area contributed by atoms with Crippen molar-refractivity contribution in [2.24, 2.45) is 5.92 Å². The van der Waals surface area contributed by atoms with E-state index >= 15 is 0 Å². The smallest absolute Gasteiger partial charge is 0.106 e. The molecule has 2 rings (SSSR count). The molecule has 0 bridgehead atoms. The standard InChI is InChI=1S/C12H17BrN2S/c13-12-3-1-2-11(15-12)9-14-8-10-4-6-16-7-5-10/h1-3,10,14H,4-9H2. The fourth-order valence-corrected chi connectivity index (χ4v) is 3.49. The van der Waals surface area contributed by atoms with Crippen molar-refractivity contribution in [3.63, 3.8) is 0 Å². The predicted molar refractivity (Wildman–Crippen MR) is 73.7 cm³/mol. The Labute approximate surface area is 110 Å². The van der Waals surface area contributed by atoms with Crippen LogP contribution >= 0.6 is 27.7 Å². The van der Waals surface area contributed by atoms with Gasteiger partial charge in [-0.25, -0.2) is 4.98 Å². The lowest BCUT2D eigenvalue weighted by Crippen LogP contribution is -2.25. The first-order chi connectivity index (χ1) is 7.84. The number of halogens is 1. The number of hydrogen-bond acceptors (Lipinski definition) is 3. The van der Waals surface area contributed by atoms with Crippen LogP contribution in [0.25, 0.3) is 0 Å². The van der Waals surface area contributed by atoms with Crippen LogP contribution in [0.4, 0.5) is 0 Å². The van der Waals surface area contributed by atoms with Crippen LogP contribution in [-0.2, 0) is 6.54 Å². The average Bonchev–Trinajstić information content (AvgIpc) is 2.30. The molecule has 0 spiro atoms. The van der Waals surface area contributed by atoms with E-state index in [4.69, 9.17) is 0 Å². The zero-order valence-electron chi connectivity index (χ0n) is 9.29. The molecule has 1 aliphatic rings. The van der Waals surface area contributed by atoms with Crippen LogP contribution in [0.3, 0.4) is 0 Å². The maximum absolute atomic E-state index is 4.41. The largest absolute Gasteiger partial charge is 0.311 e. The zero-order chi connectivity index (χ0) is 11.2. The monoisotopic (exact) mass is 300 g/mol. The third-order valence-corrected chi connectivity index (χ3v) is 4.34. The zero-order valence-corrected chi connectivity index (χ0v) is 11.7. The van der Waals surface area contributed by atoms with E-state index in [1.165, 1.54) is 24.3 Å². The summed E-state index contributed by atoms with van der Waals surface area (Å²) in [6.07, 6.45) is 2.73. The van der Waals surface area contributed by atoms with Crippen molar-refractivity contribution in [3.8, 4) is 0 Å². The number of aromatic nitrogens is 1. The Morgan fingerprint density at radius 2 is 2.19 bits per heavy atom. The predicted octanol–water partition coefficient (Wildman–Crippen LogP) is 3.08. The summed E-state index contributed by atoms with van der Waals surface area (Å²) in [7, 11) is 0. The van der Waals surface area contributed by atoms with Gasteiger partial charge in [-0.1, -0.05) is 6.07 Å². The van der Waals surface area contributed by atoms with Crippen molar-refractivity contribution in [3.05, 3.63) is 28.5 Å². The minimum atomic E-state index is 0.869. The molecule has 1 aromatic rings. The first-order valence-electron chi connectivity index (χ1n) is 5.74. The topological polar surface area (TPSA) is 24.9 Å². The highest BCUT2D eigenvalue weighted by Gasteiger charge is 2.12. The summed E-state index contributed by atoms with van der Waals surface area (Å²) in [5, 5.41) is 3.51. The number of hydrogen-bond donors (Lipinski definition) is 1. The summed E-state index contributed by atoms with van der Waals surface area (Å²) in [6, 6.07) is 6.06. The van der Waals surface area contributed by atoms with Crippen LogP contribution < -0.4 is 5.32 Å². The molecular formula is C12H17BrN2S. The summed E-state index contributed by atoms with van der Waals surface area (Å²) in [5.41, 5.74) is 1.11. The number of nitrogens with zero attached hydrogens (tertiary/aromatic N) is 1. The van der Waals surface area contributed by atoms with E-state index in [0.29, 0.717) is 0 Å². The molecule has 1 aromatic heterocycles. The Morgan fingerprint density at radius 1 is 1.38 bits per heavy atom. The van der Waals surface area contributed by atoms with Crippen LogP contribution in [0.15, 0.2) is 22.8 Å². The Bertz CT molecular complexity index is 327. The van der Waals surface area contributed by atoms with E-state index in [0.717, 1.165) is 29.3 Å². The molecule has 2 heterocycles. The molecule has 0 aromatic carbocycles. The molecule has 0 atom stereocenters. The van der Waals surface area contributed by atoms with Gasteiger partial charge in [0.2, 0.25) is 0 Å². The quantitative estimate of drug-likeness (QED) is 0.865. The van der Waals surface area contributed by atoms with Gasteiger partial charge in [-0.3, -0.25) is 0 Å². The Hall–Kier alpha value is -0.0600. The van der Waals surface area contributed by atoms with Crippen molar-refractivity contribution in [2.45, 2.75) is 19.4 Å². The number of thioether (sulfide) groups is 1. The van der Waals surface area contributed by atoms with E-state index in [-0.39, 0.29) is 0 Å². The van der Waals surface area contributed by atoms with E-state index in [1.807, 2.05) is 12.1 Å². The summed E-state index contributed by atoms with van der Waals surface area (Å²) >= 11 is 5.47. The summed E-state index contributed by atoms with van der Waals surface area (Å²) in [6.45, 7) is 2.01. The van der Waals surface area contributed by atoms with Crippen molar-refractivity contribution in [1.29, 1.82) is 0 Å². The van der Waals surface area contributed by atoms with Gasteiger partial charge >= 0.3 is 0 Å². The molecule has 0 radical (unpaired) electrons. The highest BCUT2D eigenvalue weighted by Crippen LogP contribution is 2.21. The Kier molecular flexibility index (Phi) is 5.13. The Balaban J connectivity index is 1.71. The van der Waals surface area contributed by atoms with E-state index in [9.17, 15) is 0 Å². The summed E-state index contributed by atoms with van der Waals surface area (Å²) < 4.78 is 0.917. The molecule has 4 heteroatoms. The third kappa shape index (κ3) is 4.07. The van der Waals surface area contributed by atoms with Crippen LogP contribution in [0.2, 0.25) is 0 Å². The normalized spacial score (nSPS) is 17.6. The molecule has 1 N–H and O–H groups in total. The van der Waals surface area contributed by atoms with Gasteiger partial charge in [-0.05, 0) is 64.9 Å². The fourth-order valence-electron chi connectivity index (χ4n) is 1.90. The van der Waals surface area contributed by atoms with Gasteiger partial charge in [0.25, 0.3) is 0 Å². The number of nitrogens with one attached hydrogen (secondary N) is 1. The van der Waals surface area contributed by atoms with Crippen molar-refractivity contribution in [2.75, 3.05) is 18.1 Å². The molecule has 1 fully saturated rings. The van der Waals surface area contributed by atoms with Crippen LogP contribution in [0.1, 0.15) is 18.5 Å². The number of rotatable bonds is 4. The van der Waals surface area contributed by atoms with Gasteiger partial charge in [-0.2, -0.15) is 11.8 Å². The lowest BCUT2D eigenvalue weighted by atomic mass is 10.0. The molecule has 88 valence electrons. The van der Waals surface area contributed by atoms with Gasteiger partial charge in [-0.15, -0.1) is 0 Å². The highest BCUT2D eigenvalue weighted by atomic mass is 79.9. The SMILES string of the molecule is Brc1cccc(CNCC2CCSCC2)n1. The van der Waals surface area contributed by atoms with Crippen molar-refractivity contribution >= 4 is 27.7 Å². The molecular weight excluding hydrogens is 284 g/mol. The second-order valence-electron chi connectivity index (χ2n) is 4.14. The van der Waals surface area contributed by atoms with Crippen LogP contribution in [0.5, 0.6) is 0 Å². The minimum absolute atomic E-state index is 0.869. The van der Waals surface area contributed by atoms with Crippen molar-refractivity contribution in [1.82, 2.24) is 10.3 Å². The summed E-state index contributed by atoms with van der Waals surface area (Å²) in [4.78, 5) is 4.41. The van der Waals surface area contributed by atoms with Gasteiger partial charge < -0.3 is 5.32 Å². The molecule has 1 saturated heterocycles. The molecule has 2 nitrogen and oxygen atoms in total. The first kappa shape index (κ1) is 12.4. The molecule has 1 aliphatic heterocycles. The Morgan fingerprint density at radius 3 is 2.94 bits per heavy atom. The van der Waals surface area contributed by atoms with Crippen molar-refractivity contribution < 1.29 is 0 Å². The molecule has 0 saturated carbocycles. The molecule has 16 heavy (non-hydrogen) atoms. The van der Waals surface area contributed by atoms with E-state index in [1.54, 1.807) is 0 Å². The minimum Gasteiger partial charge on any atom is -0.311 e. The van der Waals surface area contributed by atoms with Gasteiger partial charge in [0, 0.05) is 6.54 Å². The first-order valence-corrected chi connectivity index (χ1v) is 7.69. The van der Waals surface area contributed by atoms with Gasteiger partial charge in [0.15, 0.2) is 0 Å². The second kappa shape index (κ2) is 6.62. The fraction of sp³-hybridized carbons (Fsp3) is 0.583. The molecule has 0 unspecified atom stereocenters. The molecule has 0 aliphatic carbocycles. The second-order valence-corrected chi connectivity index (χ2v) is 6.18. The average molecular weight is 301 g/mol. The summed E-state index contributed by atoms with van der Waals surface area (Å²) in [5.74, 6) is 3.54. The maximum atomic E-state index is 4.41. The van der Waals surface area contributed by atoms with E-state index in [2.05, 4.69) is 44.1 Å². The lowest BCUT2D eigenvalue weighted by Gasteiger charge is -2.21. The highest BCUT2D eigenvalue weighted by molar-refractivity contribution is 9.10. The number of pyridine rings is 1. The van der Waals surface area contributed by atoms with Gasteiger partial charge in [0.1, 0.15) is 4.60 Å². The molecule has 0 amide bonds. The van der Waals surface area contributed by atoms with Crippen LogP contribution in [0, 0.1) is 5.92 Å². The van der Waals surface area contributed by atoms with E-state index < -0.39 is 0 Å². The maximum Gasteiger partial charge on any atom is 0.106 e. The lowest BCUT2D eigenvalue weighted by molar-refractivity contribution is 0.446. The third-order valence-electron chi connectivity index (χ3n) is 2.85.